The van der Waals surface area contributed by atoms with Gasteiger partial charge in [0.2, 0.25) is 0 Å². The van der Waals surface area contributed by atoms with Gasteiger partial charge in [0, 0.05) is 30.9 Å². The molecule has 1 aliphatic heterocycles. The minimum atomic E-state index is -0.120. The van der Waals surface area contributed by atoms with E-state index in [-0.39, 0.29) is 17.7 Å². The smallest absolute Gasteiger partial charge is 0.315 e. The lowest BCUT2D eigenvalue weighted by atomic mass is 9.73. The van der Waals surface area contributed by atoms with Crippen LogP contribution in [0.1, 0.15) is 42.9 Å². The van der Waals surface area contributed by atoms with Crippen LogP contribution in [0.15, 0.2) is 48.8 Å². The van der Waals surface area contributed by atoms with Gasteiger partial charge in [-0.2, -0.15) is 0 Å². The number of fused-ring (bicyclic) bond motifs is 1. The molecule has 1 fully saturated rings. The number of nitrogens with zero attached hydrogens (tertiary/aromatic N) is 1. The lowest BCUT2D eigenvalue weighted by molar-refractivity contribution is -0.0355. The zero-order valence-corrected chi connectivity index (χ0v) is 14.2. The molecule has 2 N–H and O–H groups in total. The number of nitrogens with one attached hydrogen (secondary N) is 2. The van der Waals surface area contributed by atoms with Crippen LogP contribution >= 0.6 is 0 Å². The predicted molar refractivity (Wildman–Crippen MR) is 95.5 cm³/mol. The summed E-state index contributed by atoms with van der Waals surface area (Å²) in [7, 11) is 0. The van der Waals surface area contributed by atoms with Gasteiger partial charge in [-0.25, -0.2) is 4.79 Å². The molecule has 1 atom stereocenters. The van der Waals surface area contributed by atoms with Gasteiger partial charge in [0.15, 0.2) is 0 Å². The molecule has 5 heteroatoms. The molecule has 1 aromatic carbocycles. The Labute approximate surface area is 147 Å². The molecule has 2 amide bonds. The van der Waals surface area contributed by atoms with Crippen LogP contribution in [0.5, 0.6) is 5.75 Å². The standard InChI is InChI=1S/C20H23N3O2/c24-19(22-13-8-15-6-11-21-12-7-15)23-17-14-20(9-3-10-20)25-18-5-2-1-4-16(17)18/h1-2,4-7,11-12,17H,3,8-10,13-14H2,(H2,22,23,24)/t17-/m0/s1. The molecular weight excluding hydrogens is 314 g/mol. The first-order chi connectivity index (χ1) is 12.2. The molecule has 1 aromatic heterocycles. The van der Waals surface area contributed by atoms with Crippen molar-refractivity contribution in [2.45, 2.75) is 43.7 Å². The normalized spacial score (nSPS) is 20.1. The van der Waals surface area contributed by atoms with Crippen LogP contribution in [0.4, 0.5) is 4.79 Å². The van der Waals surface area contributed by atoms with E-state index in [0.29, 0.717) is 6.54 Å². The van der Waals surface area contributed by atoms with Crippen molar-refractivity contribution in [1.82, 2.24) is 15.6 Å². The lowest BCUT2D eigenvalue weighted by Gasteiger charge is -2.48. The number of amides is 2. The van der Waals surface area contributed by atoms with Crippen molar-refractivity contribution in [3.05, 3.63) is 59.9 Å². The van der Waals surface area contributed by atoms with Gasteiger partial charge in [-0.15, -0.1) is 0 Å². The molecule has 1 saturated carbocycles. The summed E-state index contributed by atoms with van der Waals surface area (Å²) in [6.45, 7) is 0.603. The van der Waals surface area contributed by atoms with Gasteiger partial charge in [-0.05, 0) is 49.4 Å². The monoisotopic (exact) mass is 337 g/mol. The maximum absolute atomic E-state index is 12.4. The van der Waals surface area contributed by atoms with Crippen LogP contribution in [-0.2, 0) is 6.42 Å². The Balaban J connectivity index is 1.37. The summed E-state index contributed by atoms with van der Waals surface area (Å²) in [6.07, 6.45) is 8.53. The van der Waals surface area contributed by atoms with E-state index < -0.39 is 0 Å². The number of carbonyl (C=O) groups is 1. The summed E-state index contributed by atoms with van der Waals surface area (Å²) in [6, 6.07) is 11.9. The second-order valence-electron chi connectivity index (χ2n) is 6.94. The van der Waals surface area contributed by atoms with Crippen molar-refractivity contribution >= 4 is 6.03 Å². The zero-order valence-electron chi connectivity index (χ0n) is 14.2. The highest BCUT2D eigenvalue weighted by Crippen LogP contribution is 2.48. The predicted octanol–water partition coefficient (Wildman–Crippen LogP) is 3.37. The van der Waals surface area contributed by atoms with Gasteiger partial charge in [0.25, 0.3) is 0 Å². The third-order valence-electron chi connectivity index (χ3n) is 5.22. The van der Waals surface area contributed by atoms with Gasteiger partial charge in [0.05, 0.1) is 6.04 Å². The van der Waals surface area contributed by atoms with Crippen molar-refractivity contribution in [3.8, 4) is 5.75 Å². The fourth-order valence-electron chi connectivity index (χ4n) is 3.70. The average molecular weight is 337 g/mol. The number of rotatable bonds is 4. The van der Waals surface area contributed by atoms with E-state index in [4.69, 9.17) is 4.74 Å². The number of ether oxygens (including phenoxy) is 1. The van der Waals surface area contributed by atoms with Crippen molar-refractivity contribution in [2.75, 3.05) is 6.54 Å². The van der Waals surface area contributed by atoms with Gasteiger partial charge in [0.1, 0.15) is 11.4 Å². The number of aromatic nitrogens is 1. The van der Waals surface area contributed by atoms with Gasteiger partial charge in [-0.1, -0.05) is 18.2 Å². The molecule has 2 aliphatic rings. The number of urea groups is 1. The van der Waals surface area contributed by atoms with Crippen LogP contribution in [0.25, 0.3) is 0 Å². The quantitative estimate of drug-likeness (QED) is 0.899. The van der Waals surface area contributed by atoms with E-state index >= 15 is 0 Å². The zero-order chi connectivity index (χ0) is 17.1. The van der Waals surface area contributed by atoms with E-state index in [2.05, 4.69) is 15.6 Å². The molecule has 2 heterocycles. The second kappa shape index (κ2) is 6.75. The fraction of sp³-hybridized carbons (Fsp3) is 0.400. The molecule has 25 heavy (non-hydrogen) atoms. The molecule has 0 bridgehead atoms. The maximum Gasteiger partial charge on any atom is 0.315 e. The molecule has 5 nitrogen and oxygen atoms in total. The molecule has 0 radical (unpaired) electrons. The first kappa shape index (κ1) is 15.9. The lowest BCUT2D eigenvalue weighted by Crippen LogP contribution is -2.51. The Hall–Kier alpha value is -2.56. The van der Waals surface area contributed by atoms with E-state index in [1.807, 2.05) is 36.4 Å². The van der Waals surface area contributed by atoms with Crippen LogP contribution in [0.2, 0.25) is 0 Å². The molecule has 4 rings (SSSR count). The summed E-state index contributed by atoms with van der Waals surface area (Å²) >= 11 is 0. The Bertz CT molecular complexity index is 744. The molecule has 2 aromatic rings. The Morgan fingerprint density at radius 2 is 2.00 bits per heavy atom. The largest absolute Gasteiger partial charge is 0.487 e. The van der Waals surface area contributed by atoms with Crippen molar-refractivity contribution in [2.24, 2.45) is 0 Å². The number of carbonyl (C=O) groups excluding carboxylic acids is 1. The van der Waals surface area contributed by atoms with Crippen LogP contribution in [0.3, 0.4) is 0 Å². The Kier molecular flexibility index (Phi) is 4.30. The van der Waals surface area contributed by atoms with E-state index in [1.54, 1.807) is 12.4 Å². The molecule has 130 valence electrons. The highest BCUT2D eigenvalue weighted by atomic mass is 16.5. The van der Waals surface area contributed by atoms with Crippen LogP contribution in [0, 0.1) is 0 Å². The first-order valence-corrected chi connectivity index (χ1v) is 8.95. The number of para-hydroxylation sites is 1. The highest BCUT2D eigenvalue weighted by molar-refractivity contribution is 5.74. The number of benzene rings is 1. The third-order valence-corrected chi connectivity index (χ3v) is 5.22. The molecular formula is C20H23N3O2. The SMILES string of the molecule is O=C(NCCc1ccncc1)N[C@H]1CC2(CCC2)Oc2ccccc21. The topological polar surface area (TPSA) is 63.2 Å². The van der Waals surface area contributed by atoms with Gasteiger partial charge < -0.3 is 15.4 Å². The van der Waals surface area contributed by atoms with E-state index in [0.717, 1.165) is 37.0 Å². The summed E-state index contributed by atoms with van der Waals surface area (Å²) in [5.41, 5.74) is 2.16. The average Bonchev–Trinajstić information content (AvgIpc) is 2.61. The Morgan fingerprint density at radius 1 is 1.20 bits per heavy atom. The summed E-state index contributed by atoms with van der Waals surface area (Å²) in [4.78, 5) is 16.4. The second-order valence-corrected chi connectivity index (χ2v) is 6.94. The van der Waals surface area contributed by atoms with Crippen molar-refractivity contribution < 1.29 is 9.53 Å². The number of hydrogen-bond acceptors (Lipinski definition) is 3. The highest BCUT2D eigenvalue weighted by Gasteiger charge is 2.45. The first-order valence-electron chi connectivity index (χ1n) is 8.95. The summed E-state index contributed by atoms with van der Waals surface area (Å²) in [5, 5.41) is 6.10. The molecule has 0 unspecified atom stereocenters. The minimum Gasteiger partial charge on any atom is -0.487 e. The minimum absolute atomic E-state index is 0.00572. The number of pyridine rings is 1. The molecule has 1 spiro atoms. The fourth-order valence-corrected chi connectivity index (χ4v) is 3.70. The van der Waals surface area contributed by atoms with E-state index in [9.17, 15) is 4.79 Å². The maximum atomic E-state index is 12.4. The third kappa shape index (κ3) is 3.45. The molecule has 0 saturated heterocycles. The van der Waals surface area contributed by atoms with Crippen LogP contribution in [-0.4, -0.2) is 23.2 Å². The molecule has 1 aliphatic carbocycles. The van der Waals surface area contributed by atoms with Crippen LogP contribution < -0.4 is 15.4 Å². The summed E-state index contributed by atoms with van der Waals surface area (Å²) in [5.74, 6) is 0.913. The Morgan fingerprint density at radius 3 is 2.76 bits per heavy atom. The van der Waals surface area contributed by atoms with Crippen molar-refractivity contribution in [3.63, 3.8) is 0 Å². The van der Waals surface area contributed by atoms with E-state index in [1.165, 1.54) is 12.0 Å². The van der Waals surface area contributed by atoms with Crippen molar-refractivity contribution in [1.29, 1.82) is 0 Å². The number of hydrogen-bond donors (Lipinski definition) is 2. The van der Waals surface area contributed by atoms with Gasteiger partial charge >= 0.3 is 6.03 Å². The summed E-state index contributed by atoms with van der Waals surface area (Å²) < 4.78 is 6.23. The van der Waals surface area contributed by atoms with Gasteiger partial charge in [-0.3, -0.25) is 4.98 Å².